The summed E-state index contributed by atoms with van der Waals surface area (Å²) in [7, 11) is 0. The van der Waals surface area contributed by atoms with Gasteiger partial charge in [-0.05, 0) is 31.0 Å². The Morgan fingerprint density at radius 2 is 1.84 bits per heavy atom. The number of aryl methyl sites for hydroxylation is 2. The standard InChI is InChI=1S/C22H20F3N5OS/c1-15-27-28-21(30(15)14-16-7-3-2-4-8-16)32-12-6-11-19-26-20(29-31-19)17-9-5-10-18(13-17)22(23,24)25/h2-5,7-10,13H,6,11-12,14H2,1H3. The van der Waals surface area contributed by atoms with E-state index in [-0.39, 0.29) is 11.4 Å². The average molecular weight is 459 g/mol. The molecule has 4 rings (SSSR count). The molecule has 0 bridgehead atoms. The smallest absolute Gasteiger partial charge is 0.339 e. The van der Waals surface area contributed by atoms with Crippen molar-refractivity contribution in [2.24, 2.45) is 0 Å². The quantitative estimate of drug-likeness (QED) is 0.259. The highest BCUT2D eigenvalue weighted by molar-refractivity contribution is 7.99. The van der Waals surface area contributed by atoms with Crippen molar-refractivity contribution in [2.75, 3.05) is 5.75 Å². The zero-order valence-corrected chi connectivity index (χ0v) is 18.0. The van der Waals surface area contributed by atoms with Crippen molar-refractivity contribution in [1.29, 1.82) is 0 Å². The molecule has 0 aliphatic heterocycles. The Balaban J connectivity index is 1.33. The van der Waals surface area contributed by atoms with E-state index in [0.717, 1.165) is 35.3 Å². The van der Waals surface area contributed by atoms with Gasteiger partial charge in [-0.15, -0.1) is 10.2 Å². The molecule has 0 unspecified atom stereocenters. The van der Waals surface area contributed by atoms with Gasteiger partial charge in [0.2, 0.25) is 11.7 Å². The number of alkyl halides is 3. The fourth-order valence-corrected chi connectivity index (χ4v) is 4.03. The van der Waals surface area contributed by atoms with Crippen LogP contribution in [0.15, 0.2) is 64.3 Å². The molecule has 10 heteroatoms. The van der Waals surface area contributed by atoms with Crippen LogP contribution in [0.3, 0.4) is 0 Å². The lowest BCUT2D eigenvalue weighted by atomic mass is 10.1. The second-order valence-corrected chi connectivity index (χ2v) is 8.21. The van der Waals surface area contributed by atoms with Crippen LogP contribution in [-0.2, 0) is 19.1 Å². The van der Waals surface area contributed by atoms with Gasteiger partial charge in [0.15, 0.2) is 5.16 Å². The van der Waals surface area contributed by atoms with Crippen molar-refractivity contribution >= 4 is 11.8 Å². The minimum absolute atomic E-state index is 0.150. The number of hydrogen-bond donors (Lipinski definition) is 0. The number of hydrogen-bond acceptors (Lipinski definition) is 6. The number of halogens is 3. The maximum atomic E-state index is 12.9. The number of thioether (sulfide) groups is 1. The molecule has 0 saturated heterocycles. The normalized spacial score (nSPS) is 11.8. The monoisotopic (exact) mass is 459 g/mol. The van der Waals surface area contributed by atoms with E-state index in [1.165, 1.54) is 17.7 Å². The van der Waals surface area contributed by atoms with Crippen LogP contribution in [0.4, 0.5) is 13.2 Å². The van der Waals surface area contributed by atoms with Gasteiger partial charge >= 0.3 is 6.18 Å². The van der Waals surface area contributed by atoms with Crippen molar-refractivity contribution in [3.63, 3.8) is 0 Å². The van der Waals surface area contributed by atoms with E-state index in [0.29, 0.717) is 18.9 Å². The average Bonchev–Trinajstić information content (AvgIpc) is 3.39. The van der Waals surface area contributed by atoms with Gasteiger partial charge in [0.1, 0.15) is 5.82 Å². The largest absolute Gasteiger partial charge is 0.416 e. The van der Waals surface area contributed by atoms with Crippen LogP contribution in [0.2, 0.25) is 0 Å². The van der Waals surface area contributed by atoms with Crippen molar-refractivity contribution in [1.82, 2.24) is 24.9 Å². The van der Waals surface area contributed by atoms with E-state index < -0.39 is 11.7 Å². The van der Waals surface area contributed by atoms with Crippen LogP contribution < -0.4 is 0 Å². The first-order valence-corrected chi connectivity index (χ1v) is 11.0. The second kappa shape index (κ2) is 9.56. The van der Waals surface area contributed by atoms with E-state index >= 15 is 0 Å². The summed E-state index contributed by atoms with van der Waals surface area (Å²) in [6.45, 7) is 2.62. The van der Waals surface area contributed by atoms with E-state index in [9.17, 15) is 13.2 Å². The first kappa shape index (κ1) is 22.1. The van der Waals surface area contributed by atoms with Gasteiger partial charge in [0.25, 0.3) is 0 Å². The molecular weight excluding hydrogens is 439 g/mol. The van der Waals surface area contributed by atoms with Gasteiger partial charge in [-0.1, -0.05) is 59.4 Å². The molecule has 0 fully saturated rings. The Morgan fingerprint density at radius 1 is 1.03 bits per heavy atom. The molecular formula is C22H20F3N5OS. The molecule has 32 heavy (non-hydrogen) atoms. The first-order valence-electron chi connectivity index (χ1n) is 9.97. The molecule has 2 heterocycles. The Morgan fingerprint density at radius 3 is 2.62 bits per heavy atom. The van der Waals surface area contributed by atoms with Crippen LogP contribution in [-0.4, -0.2) is 30.7 Å². The third kappa shape index (κ3) is 5.37. The number of aromatic nitrogens is 5. The molecule has 0 saturated carbocycles. The van der Waals surface area contributed by atoms with Crippen molar-refractivity contribution in [2.45, 2.75) is 37.6 Å². The second-order valence-electron chi connectivity index (χ2n) is 7.14. The van der Waals surface area contributed by atoms with Crippen LogP contribution in [0.25, 0.3) is 11.4 Å². The molecule has 0 aliphatic rings. The van der Waals surface area contributed by atoms with Crippen LogP contribution in [0.5, 0.6) is 0 Å². The predicted octanol–water partition coefficient (Wildman–Crippen LogP) is 5.43. The number of rotatable bonds is 8. The highest BCUT2D eigenvalue weighted by Crippen LogP contribution is 2.31. The first-order chi connectivity index (χ1) is 15.4. The van der Waals surface area contributed by atoms with E-state index in [1.807, 2.05) is 25.1 Å². The predicted molar refractivity (Wildman–Crippen MR) is 114 cm³/mol. The molecule has 2 aromatic carbocycles. The Hall–Kier alpha value is -3.14. The van der Waals surface area contributed by atoms with Crippen molar-refractivity contribution in [3.05, 3.63) is 77.4 Å². The van der Waals surface area contributed by atoms with Crippen molar-refractivity contribution < 1.29 is 17.7 Å². The zero-order chi connectivity index (χ0) is 22.6. The summed E-state index contributed by atoms with van der Waals surface area (Å²) < 4.78 is 46.0. The van der Waals surface area contributed by atoms with Gasteiger partial charge in [-0.2, -0.15) is 18.2 Å². The summed E-state index contributed by atoms with van der Waals surface area (Å²) in [6, 6.07) is 15.0. The van der Waals surface area contributed by atoms with Crippen LogP contribution >= 0.6 is 11.8 Å². The molecule has 2 aromatic heterocycles. The molecule has 0 amide bonds. The molecule has 4 aromatic rings. The fourth-order valence-electron chi connectivity index (χ4n) is 3.11. The Kier molecular flexibility index (Phi) is 6.59. The lowest BCUT2D eigenvalue weighted by molar-refractivity contribution is -0.137. The zero-order valence-electron chi connectivity index (χ0n) is 17.2. The number of benzene rings is 2. The summed E-state index contributed by atoms with van der Waals surface area (Å²) in [5.41, 5.74) is 0.701. The summed E-state index contributed by atoms with van der Waals surface area (Å²) in [6.07, 6.45) is -3.16. The summed E-state index contributed by atoms with van der Waals surface area (Å²) >= 11 is 1.59. The summed E-state index contributed by atoms with van der Waals surface area (Å²) in [5, 5.41) is 13.1. The molecule has 0 N–H and O–H groups in total. The van der Waals surface area contributed by atoms with E-state index in [1.54, 1.807) is 11.8 Å². The summed E-state index contributed by atoms with van der Waals surface area (Å²) in [4.78, 5) is 4.24. The molecule has 6 nitrogen and oxygen atoms in total. The molecule has 0 spiro atoms. The van der Waals surface area contributed by atoms with Crippen molar-refractivity contribution in [3.8, 4) is 11.4 Å². The maximum absolute atomic E-state index is 12.9. The Bertz CT molecular complexity index is 1170. The van der Waals surface area contributed by atoms with Crippen LogP contribution in [0.1, 0.15) is 29.3 Å². The van der Waals surface area contributed by atoms with Gasteiger partial charge in [0.05, 0.1) is 12.1 Å². The van der Waals surface area contributed by atoms with Gasteiger partial charge in [-0.25, -0.2) is 0 Å². The lowest BCUT2D eigenvalue weighted by Crippen LogP contribution is -2.04. The minimum atomic E-state index is -4.42. The molecule has 166 valence electrons. The third-order valence-corrected chi connectivity index (χ3v) is 5.82. The number of nitrogens with zero attached hydrogens (tertiary/aromatic N) is 5. The van der Waals surface area contributed by atoms with E-state index in [2.05, 4.69) is 37.0 Å². The third-order valence-electron chi connectivity index (χ3n) is 4.77. The topological polar surface area (TPSA) is 69.6 Å². The minimum Gasteiger partial charge on any atom is -0.339 e. The lowest BCUT2D eigenvalue weighted by Gasteiger charge is -2.08. The van der Waals surface area contributed by atoms with Gasteiger partial charge < -0.3 is 9.09 Å². The van der Waals surface area contributed by atoms with Gasteiger partial charge in [0, 0.05) is 17.7 Å². The highest BCUT2D eigenvalue weighted by Gasteiger charge is 2.30. The molecule has 0 aliphatic carbocycles. The molecule has 0 atom stereocenters. The SMILES string of the molecule is Cc1nnc(SCCCc2nc(-c3cccc(C(F)(F)F)c3)no2)n1Cc1ccccc1. The van der Waals surface area contributed by atoms with Crippen LogP contribution in [0, 0.1) is 6.92 Å². The Labute approximate surface area is 186 Å². The fraction of sp³-hybridized carbons (Fsp3) is 0.273. The maximum Gasteiger partial charge on any atom is 0.416 e. The van der Waals surface area contributed by atoms with E-state index in [4.69, 9.17) is 4.52 Å². The highest BCUT2D eigenvalue weighted by atomic mass is 32.2. The summed E-state index contributed by atoms with van der Waals surface area (Å²) in [5.74, 6) is 2.14. The van der Waals surface area contributed by atoms with Gasteiger partial charge in [-0.3, -0.25) is 0 Å². The molecule has 0 radical (unpaired) electrons.